The lowest BCUT2D eigenvalue weighted by Gasteiger charge is -2.27. The molecular formula is C44H55N4O2S+. The van der Waals surface area contributed by atoms with Crippen molar-refractivity contribution in [1.29, 1.82) is 0 Å². The molecule has 2 aromatic carbocycles. The molecule has 0 fully saturated rings. The van der Waals surface area contributed by atoms with Crippen LogP contribution in [0.15, 0.2) is 94.5 Å². The van der Waals surface area contributed by atoms with E-state index in [-0.39, 0.29) is 22.3 Å². The van der Waals surface area contributed by atoms with E-state index in [1.165, 1.54) is 33.9 Å². The Labute approximate surface area is 309 Å². The first-order valence-corrected chi connectivity index (χ1v) is 19.4. The predicted octanol–water partition coefficient (Wildman–Crippen LogP) is 10.1. The molecule has 268 valence electrons. The molecule has 3 aromatic rings. The number of nitrogens with zero attached hydrogens (tertiary/aromatic N) is 4. The molecule has 1 N–H and O–H groups in total. The van der Waals surface area contributed by atoms with Gasteiger partial charge in [0.15, 0.2) is 10.5 Å². The second-order valence-corrected chi connectivity index (χ2v) is 15.4. The molecule has 0 saturated carbocycles. The third-order valence-corrected chi connectivity index (χ3v) is 11.6. The van der Waals surface area contributed by atoms with Crippen molar-refractivity contribution < 1.29 is 9.68 Å². The lowest BCUT2D eigenvalue weighted by Crippen LogP contribution is -2.29. The van der Waals surface area contributed by atoms with Gasteiger partial charge < -0.3 is 10.0 Å². The van der Waals surface area contributed by atoms with Crippen molar-refractivity contribution in [1.82, 2.24) is 9.13 Å². The molecule has 0 radical (unpaired) electrons. The molecule has 6 nitrogen and oxygen atoms in total. The molecule has 1 aliphatic carbocycles. The maximum absolute atomic E-state index is 14.4. The summed E-state index contributed by atoms with van der Waals surface area (Å²) in [5, 5.41) is 11.9. The average Bonchev–Trinajstić information content (AvgIpc) is 3.46. The maximum atomic E-state index is 14.4. The molecule has 0 spiro atoms. The summed E-state index contributed by atoms with van der Waals surface area (Å²) in [6.07, 6.45) is 13.6. The highest BCUT2D eigenvalue weighted by molar-refractivity contribution is 7.71. The Morgan fingerprint density at radius 1 is 0.843 bits per heavy atom. The molecule has 51 heavy (non-hydrogen) atoms. The summed E-state index contributed by atoms with van der Waals surface area (Å²) in [5.74, 6) is -0.0476. The minimum Gasteiger partial charge on any atom is -0.494 e. The third-order valence-electron chi connectivity index (χ3n) is 11.2. The van der Waals surface area contributed by atoms with E-state index in [2.05, 4.69) is 124 Å². The van der Waals surface area contributed by atoms with Gasteiger partial charge in [0.05, 0.1) is 5.41 Å². The molecule has 0 saturated heterocycles. The van der Waals surface area contributed by atoms with E-state index < -0.39 is 0 Å². The fourth-order valence-electron chi connectivity index (χ4n) is 8.62. The van der Waals surface area contributed by atoms with Gasteiger partial charge >= 0.3 is 0 Å². The quantitative estimate of drug-likeness (QED) is 0.169. The molecule has 0 unspecified atom stereocenters. The van der Waals surface area contributed by atoms with E-state index in [1.807, 2.05) is 13.8 Å². The zero-order chi connectivity index (χ0) is 36.7. The molecule has 7 heteroatoms. The second kappa shape index (κ2) is 14.4. The predicted molar refractivity (Wildman–Crippen MR) is 215 cm³/mol. The van der Waals surface area contributed by atoms with Crippen molar-refractivity contribution >= 4 is 34.9 Å². The van der Waals surface area contributed by atoms with Crippen LogP contribution in [-0.2, 0) is 23.9 Å². The molecular weight excluding hydrogens is 649 g/mol. The molecule has 0 atom stereocenters. The Morgan fingerprint density at radius 2 is 1.53 bits per heavy atom. The van der Waals surface area contributed by atoms with Crippen LogP contribution < -0.4 is 10.5 Å². The van der Waals surface area contributed by atoms with Crippen molar-refractivity contribution in [2.75, 3.05) is 18.0 Å². The van der Waals surface area contributed by atoms with Gasteiger partial charge in [0, 0.05) is 60.6 Å². The minimum atomic E-state index is -0.235. The third kappa shape index (κ3) is 6.11. The molecule has 3 aliphatic rings. The summed E-state index contributed by atoms with van der Waals surface area (Å²) >= 11 is 5.72. The van der Waals surface area contributed by atoms with Crippen molar-refractivity contribution in [3.63, 3.8) is 0 Å². The summed E-state index contributed by atoms with van der Waals surface area (Å²) in [4.78, 5) is 16.9. The van der Waals surface area contributed by atoms with Gasteiger partial charge in [0.1, 0.15) is 12.1 Å². The van der Waals surface area contributed by atoms with E-state index in [1.54, 1.807) is 9.13 Å². The number of hydrogen-bond acceptors (Lipinski definition) is 4. The van der Waals surface area contributed by atoms with Gasteiger partial charge in [0.2, 0.25) is 11.6 Å². The molecule has 3 heterocycles. The first-order valence-electron chi connectivity index (χ1n) is 18.9. The molecule has 2 aliphatic heterocycles. The van der Waals surface area contributed by atoms with Gasteiger partial charge in [-0.25, -0.2) is 0 Å². The number of rotatable bonds is 10. The Bertz CT molecular complexity index is 2140. The van der Waals surface area contributed by atoms with E-state index in [0.29, 0.717) is 23.4 Å². The minimum absolute atomic E-state index is 0.0476. The number of aromatic hydroxyl groups is 1. The first-order chi connectivity index (χ1) is 24.4. The first kappa shape index (κ1) is 36.6. The van der Waals surface area contributed by atoms with Crippen LogP contribution in [0.5, 0.6) is 5.88 Å². The van der Waals surface area contributed by atoms with E-state index >= 15 is 0 Å². The Kier molecular flexibility index (Phi) is 10.3. The van der Waals surface area contributed by atoms with Gasteiger partial charge in [-0.05, 0) is 100 Å². The topological polar surface area (TPSA) is 53.4 Å². The fraction of sp³-hybridized carbons (Fsp3) is 0.432. The van der Waals surface area contributed by atoms with Crippen molar-refractivity contribution in [2.45, 2.75) is 111 Å². The summed E-state index contributed by atoms with van der Waals surface area (Å²) in [6, 6.07) is 17.4. The van der Waals surface area contributed by atoms with Crippen LogP contribution >= 0.6 is 12.2 Å². The van der Waals surface area contributed by atoms with Gasteiger partial charge in [-0.3, -0.25) is 13.9 Å². The molecule has 0 amide bonds. The van der Waals surface area contributed by atoms with Gasteiger partial charge in [0.25, 0.3) is 5.56 Å². The van der Waals surface area contributed by atoms with Crippen LogP contribution in [0.1, 0.15) is 104 Å². The Morgan fingerprint density at radius 3 is 2.22 bits per heavy atom. The zero-order valence-corrected chi connectivity index (χ0v) is 32.7. The van der Waals surface area contributed by atoms with Gasteiger partial charge in [-0.15, -0.1) is 0 Å². The summed E-state index contributed by atoms with van der Waals surface area (Å²) in [7, 11) is 0. The highest BCUT2D eigenvalue weighted by Crippen LogP contribution is 2.48. The van der Waals surface area contributed by atoms with Crippen molar-refractivity contribution in [2.24, 2.45) is 0 Å². The van der Waals surface area contributed by atoms with Crippen LogP contribution in [-0.4, -0.2) is 37.6 Å². The lowest BCUT2D eigenvalue weighted by molar-refractivity contribution is -0.437. The molecule has 6 rings (SSSR count). The van der Waals surface area contributed by atoms with Crippen LogP contribution in [0.25, 0.3) is 5.57 Å². The normalized spacial score (nSPS) is 19.6. The highest BCUT2D eigenvalue weighted by Gasteiger charge is 2.44. The van der Waals surface area contributed by atoms with Crippen LogP contribution in [0.4, 0.5) is 11.4 Å². The highest BCUT2D eigenvalue weighted by atomic mass is 32.1. The summed E-state index contributed by atoms with van der Waals surface area (Å²) in [6.45, 7) is 20.3. The Hall–Kier alpha value is -4.23. The van der Waals surface area contributed by atoms with Crippen LogP contribution in [0.3, 0.4) is 0 Å². The molecule has 0 bridgehead atoms. The number of anilines is 1. The van der Waals surface area contributed by atoms with Crippen molar-refractivity contribution in [3.8, 4) is 5.88 Å². The standard InChI is InChI=1S/C44H54N4O2S/c1-9-28-47-34-22-15-13-20-32(34)43(5,6)36(47)26-24-30-18-17-19-31(38(30)39-40(49)45(11-3)42(51)46(12-4)41(39)50)25-27-37-44(7,8)33-21-14-16-23-35(33)48(37)29-10-2/h13-16,20-27H,9-12,17-19,28-29H2,1-8H3/p+1/b30-24+,36-26+. The SMILES string of the molecule is CCCN1/C(=C/C=C2\CCCC(/C=C/C3=[N+](CCC)c4ccccc4C3(C)C)=C2c2c(O)n(CC)c(=S)n(CC)c2=O)C(C)(C)c2ccccc21. The number of benzene rings is 2. The Balaban J connectivity index is 1.60. The van der Waals surface area contributed by atoms with E-state index in [0.717, 1.165) is 61.9 Å². The molecule has 1 aromatic heterocycles. The largest absolute Gasteiger partial charge is 0.494 e. The van der Waals surface area contributed by atoms with Crippen LogP contribution in [0.2, 0.25) is 0 Å². The number of para-hydroxylation sites is 2. The smallest absolute Gasteiger partial charge is 0.266 e. The van der Waals surface area contributed by atoms with Crippen LogP contribution in [0, 0.1) is 4.77 Å². The number of allylic oxidation sites excluding steroid dienone is 8. The van der Waals surface area contributed by atoms with E-state index in [4.69, 9.17) is 12.2 Å². The summed E-state index contributed by atoms with van der Waals surface area (Å²) in [5.41, 5.74) is 10.4. The number of fused-ring (bicyclic) bond motifs is 2. The maximum Gasteiger partial charge on any atom is 0.266 e. The fourth-order valence-corrected chi connectivity index (χ4v) is 9.05. The zero-order valence-electron chi connectivity index (χ0n) is 31.8. The van der Waals surface area contributed by atoms with Gasteiger partial charge in [-0.1, -0.05) is 76.2 Å². The van der Waals surface area contributed by atoms with Crippen molar-refractivity contribution in [3.05, 3.63) is 121 Å². The second-order valence-electron chi connectivity index (χ2n) is 15.1. The van der Waals surface area contributed by atoms with Gasteiger partial charge in [-0.2, -0.15) is 4.58 Å². The monoisotopic (exact) mass is 703 g/mol. The number of aromatic nitrogens is 2. The van der Waals surface area contributed by atoms with E-state index in [9.17, 15) is 9.90 Å². The lowest BCUT2D eigenvalue weighted by atomic mass is 9.80. The summed E-state index contributed by atoms with van der Waals surface area (Å²) < 4.78 is 6.13. The average molecular weight is 704 g/mol. The number of hydrogen-bond donors (Lipinski definition) is 1.